The standard InChI is InChI=1S/C22H26N2/c1-2-9-18(10-3-1)24-21-12-5-4-11-19(21)20-16-23(14-13-22(20)24)15-17-7-6-8-17/h1-5,9-12,17,20,22H,6-8,13-16H2/t20-,22+/m0/s1. The maximum Gasteiger partial charge on any atom is 0.0450 e. The minimum absolute atomic E-state index is 0.627. The molecule has 2 fully saturated rings. The normalized spacial score (nSPS) is 26.8. The van der Waals surface area contributed by atoms with Crippen molar-refractivity contribution in [2.24, 2.45) is 5.92 Å². The van der Waals surface area contributed by atoms with Crippen LogP contribution >= 0.6 is 0 Å². The molecule has 3 aliphatic rings. The van der Waals surface area contributed by atoms with E-state index in [1.54, 1.807) is 5.56 Å². The third-order valence-corrected chi connectivity index (χ3v) is 6.36. The molecule has 1 aliphatic carbocycles. The molecule has 0 aromatic heterocycles. The van der Waals surface area contributed by atoms with E-state index in [2.05, 4.69) is 64.4 Å². The molecule has 24 heavy (non-hydrogen) atoms. The zero-order chi connectivity index (χ0) is 15.9. The van der Waals surface area contributed by atoms with Crippen molar-refractivity contribution in [1.82, 2.24) is 4.90 Å². The molecular formula is C22H26N2. The quantitative estimate of drug-likeness (QED) is 0.802. The van der Waals surface area contributed by atoms with Crippen LogP contribution in [-0.2, 0) is 0 Å². The number of nitrogens with zero attached hydrogens (tertiary/aromatic N) is 2. The third-order valence-electron chi connectivity index (χ3n) is 6.36. The first-order valence-corrected chi connectivity index (χ1v) is 9.56. The van der Waals surface area contributed by atoms with Gasteiger partial charge in [-0.05, 0) is 48.9 Å². The summed E-state index contributed by atoms with van der Waals surface area (Å²) in [5, 5.41) is 0. The lowest BCUT2D eigenvalue weighted by Crippen LogP contribution is -2.46. The molecule has 2 aromatic rings. The van der Waals surface area contributed by atoms with Gasteiger partial charge in [0.2, 0.25) is 0 Å². The molecule has 0 radical (unpaired) electrons. The fraction of sp³-hybridized carbons (Fsp3) is 0.455. The van der Waals surface area contributed by atoms with Crippen LogP contribution in [0, 0.1) is 5.92 Å². The van der Waals surface area contributed by atoms with Gasteiger partial charge < -0.3 is 9.80 Å². The molecule has 0 spiro atoms. The van der Waals surface area contributed by atoms with Crippen molar-refractivity contribution in [1.29, 1.82) is 0 Å². The Morgan fingerprint density at radius 3 is 2.46 bits per heavy atom. The van der Waals surface area contributed by atoms with Gasteiger partial charge in [-0.3, -0.25) is 0 Å². The van der Waals surface area contributed by atoms with E-state index in [1.165, 1.54) is 56.7 Å². The average molecular weight is 318 g/mol. The molecule has 2 heteroatoms. The van der Waals surface area contributed by atoms with Crippen LogP contribution in [0.15, 0.2) is 54.6 Å². The summed E-state index contributed by atoms with van der Waals surface area (Å²) >= 11 is 0. The molecule has 124 valence electrons. The molecule has 5 rings (SSSR count). The van der Waals surface area contributed by atoms with Gasteiger partial charge in [0, 0.05) is 43.0 Å². The zero-order valence-electron chi connectivity index (χ0n) is 14.3. The maximum atomic E-state index is 2.75. The van der Waals surface area contributed by atoms with Gasteiger partial charge >= 0.3 is 0 Å². The number of likely N-dealkylation sites (tertiary alicyclic amines) is 1. The van der Waals surface area contributed by atoms with Gasteiger partial charge in [-0.2, -0.15) is 0 Å². The fourth-order valence-corrected chi connectivity index (χ4v) is 4.95. The van der Waals surface area contributed by atoms with Crippen molar-refractivity contribution < 1.29 is 0 Å². The topological polar surface area (TPSA) is 6.48 Å². The second kappa shape index (κ2) is 5.93. The Balaban J connectivity index is 1.45. The first-order valence-electron chi connectivity index (χ1n) is 9.56. The SMILES string of the molecule is c1ccc(N2c3ccccc3[C@@H]3CN(CC4CCC4)CC[C@H]32)cc1. The van der Waals surface area contributed by atoms with E-state index in [0.717, 1.165) is 5.92 Å². The Labute approximate surface area is 145 Å². The molecule has 1 saturated heterocycles. The second-order valence-corrected chi connectivity index (χ2v) is 7.78. The predicted octanol–water partition coefficient (Wildman–Crippen LogP) is 4.80. The molecule has 2 heterocycles. The largest absolute Gasteiger partial charge is 0.337 e. The van der Waals surface area contributed by atoms with Crippen molar-refractivity contribution >= 4 is 11.4 Å². The van der Waals surface area contributed by atoms with Gasteiger partial charge in [0.05, 0.1) is 0 Å². The maximum absolute atomic E-state index is 2.75. The highest BCUT2D eigenvalue weighted by Gasteiger charge is 2.42. The number of fused-ring (bicyclic) bond motifs is 3. The Hall–Kier alpha value is -1.80. The second-order valence-electron chi connectivity index (χ2n) is 7.78. The van der Waals surface area contributed by atoms with Crippen LogP contribution in [0.2, 0.25) is 0 Å². The number of anilines is 2. The monoisotopic (exact) mass is 318 g/mol. The van der Waals surface area contributed by atoms with Gasteiger partial charge in [0.1, 0.15) is 0 Å². The molecule has 0 amide bonds. The summed E-state index contributed by atoms with van der Waals surface area (Å²) in [5.74, 6) is 1.64. The summed E-state index contributed by atoms with van der Waals surface area (Å²) in [4.78, 5) is 5.36. The van der Waals surface area contributed by atoms with Gasteiger partial charge in [-0.1, -0.05) is 42.8 Å². The predicted molar refractivity (Wildman–Crippen MR) is 100.0 cm³/mol. The van der Waals surface area contributed by atoms with Gasteiger partial charge in [-0.15, -0.1) is 0 Å². The molecular weight excluding hydrogens is 292 g/mol. The van der Waals surface area contributed by atoms with Crippen LogP contribution in [0.25, 0.3) is 0 Å². The molecule has 1 saturated carbocycles. The Kier molecular flexibility index (Phi) is 3.59. The number of piperidine rings is 1. The van der Waals surface area contributed by atoms with Crippen LogP contribution in [0.5, 0.6) is 0 Å². The number of hydrogen-bond acceptors (Lipinski definition) is 2. The number of rotatable bonds is 3. The Morgan fingerprint density at radius 2 is 1.67 bits per heavy atom. The smallest absolute Gasteiger partial charge is 0.0450 e. The summed E-state index contributed by atoms with van der Waals surface area (Å²) in [6, 6.07) is 20.7. The lowest BCUT2D eigenvalue weighted by atomic mass is 9.83. The summed E-state index contributed by atoms with van der Waals surface area (Å²) in [7, 11) is 0. The van der Waals surface area contributed by atoms with Crippen LogP contribution in [0.3, 0.4) is 0 Å². The summed E-state index contributed by atoms with van der Waals surface area (Å²) in [6.07, 6.45) is 5.64. The zero-order valence-corrected chi connectivity index (χ0v) is 14.3. The minimum atomic E-state index is 0.627. The molecule has 2 atom stereocenters. The van der Waals surface area contributed by atoms with E-state index in [-0.39, 0.29) is 0 Å². The van der Waals surface area contributed by atoms with Gasteiger partial charge in [-0.25, -0.2) is 0 Å². The third kappa shape index (κ3) is 2.36. The van der Waals surface area contributed by atoms with E-state index in [1.807, 2.05) is 0 Å². The lowest BCUT2D eigenvalue weighted by Gasteiger charge is -2.41. The van der Waals surface area contributed by atoms with Crippen LogP contribution in [-0.4, -0.2) is 30.6 Å². The van der Waals surface area contributed by atoms with Gasteiger partial charge in [0.15, 0.2) is 0 Å². The average Bonchev–Trinajstić information content (AvgIpc) is 2.93. The van der Waals surface area contributed by atoms with Crippen molar-refractivity contribution in [2.45, 2.75) is 37.6 Å². The molecule has 0 bridgehead atoms. The molecule has 2 aliphatic heterocycles. The number of para-hydroxylation sites is 2. The Bertz CT molecular complexity index is 707. The highest BCUT2D eigenvalue weighted by Crippen LogP contribution is 2.48. The lowest BCUT2D eigenvalue weighted by molar-refractivity contribution is 0.138. The van der Waals surface area contributed by atoms with E-state index >= 15 is 0 Å². The first-order chi connectivity index (χ1) is 11.9. The van der Waals surface area contributed by atoms with Crippen molar-refractivity contribution in [3.05, 3.63) is 60.2 Å². The molecule has 0 unspecified atom stereocenters. The van der Waals surface area contributed by atoms with Crippen molar-refractivity contribution in [3.8, 4) is 0 Å². The highest BCUT2D eigenvalue weighted by molar-refractivity contribution is 5.72. The summed E-state index contributed by atoms with van der Waals surface area (Å²) in [5.41, 5.74) is 4.35. The molecule has 2 aromatic carbocycles. The van der Waals surface area contributed by atoms with Crippen LogP contribution in [0.4, 0.5) is 11.4 Å². The van der Waals surface area contributed by atoms with Crippen molar-refractivity contribution in [2.75, 3.05) is 24.5 Å². The summed E-state index contributed by atoms with van der Waals surface area (Å²) < 4.78 is 0. The minimum Gasteiger partial charge on any atom is -0.337 e. The molecule has 0 N–H and O–H groups in total. The first kappa shape index (κ1) is 14.5. The summed E-state index contributed by atoms with van der Waals surface area (Å²) in [6.45, 7) is 3.83. The van der Waals surface area contributed by atoms with E-state index < -0.39 is 0 Å². The van der Waals surface area contributed by atoms with E-state index in [9.17, 15) is 0 Å². The van der Waals surface area contributed by atoms with E-state index in [0.29, 0.717) is 12.0 Å². The highest BCUT2D eigenvalue weighted by atomic mass is 15.2. The fourth-order valence-electron chi connectivity index (χ4n) is 4.95. The number of hydrogen-bond donors (Lipinski definition) is 0. The molecule has 2 nitrogen and oxygen atoms in total. The van der Waals surface area contributed by atoms with Crippen molar-refractivity contribution in [3.63, 3.8) is 0 Å². The van der Waals surface area contributed by atoms with Crippen LogP contribution in [0.1, 0.15) is 37.2 Å². The van der Waals surface area contributed by atoms with Crippen LogP contribution < -0.4 is 4.90 Å². The van der Waals surface area contributed by atoms with Gasteiger partial charge in [0.25, 0.3) is 0 Å². The number of benzene rings is 2. The van der Waals surface area contributed by atoms with E-state index in [4.69, 9.17) is 0 Å². The Morgan fingerprint density at radius 1 is 0.875 bits per heavy atom.